The number of ether oxygens (including phenoxy) is 1. The molecule has 18 heavy (non-hydrogen) atoms. The van der Waals surface area contributed by atoms with Crippen LogP contribution in [0.4, 0.5) is 0 Å². The lowest BCUT2D eigenvalue weighted by molar-refractivity contribution is 0.0405. The third-order valence-electron chi connectivity index (χ3n) is 3.47. The predicted octanol–water partition coefficient (Wildman–Crippen LogP) is 4.02. The quantitative estimate of drug-likeness (QED) is 0.765. The highest BCUT2D eigenvalue weighted by molar-refractivity contribution is 5.69. The van der Waals surface area contributed by atoms with Crippen molar-refractivity contribution in [2.45, 2.75) is 12.5 Å². The van der Waals surface area contributed by atoms with Crippen molar-refractivity contribution in [2.24, 2.45) is 0 Å². The zero-order valence-corrected chi connectivity index (χ0v) is 10.5. The van der Waals surface area contributed by atoms with Crippen LogP contribution in [0.2, 0.25) is 0 Å². The van der Waals surface area contributed by atoms with Gasteiger partial charge >= 0.3 is 0 Å². The Morgan fingerprint density at radius 2 is 1.50 bits per heavy atom. The van der Waals surface area contributed by atoms with Gasteiger partial charge in [0, 0.05) is 0 Å². The second-order valence-corrected chi connectivity index (χ2v) is 4.80. The first kappa shape index (κ1) is 11.2. The number of rotatable bonds is 2. The van der Waals surface area contributed by atoms with Crippen molar-refractivity contribution in [1.82, 2.24) is 0 Å². The third kappa shape index (κ3) is 1.98. The number of benzene rings is 2. The van der Waals surface area contributed by atoms with Gasteiger partial charge in [-0.1, -0.05) is 60.7 Å². The van der Waals surface area contributed by atoms with Crippen LogP contribution in [-0.2, 0) is 10.3 Å². The average molecular weight is 236 g/mol. The van der Waals surface area contributed by atoms with Crippen LogP contribution in [-0.4, -0.2) is 6.61 Å². The van der Waals surface area contributed by atoms with Crippen LogP contribution in [0.25, 0.3) is 5.57 Å². The average Bonchev–Trinajstić information content (AvgIpc) is 2.85. The molecular weight excluding hydrogens is 220 g/mol. The van der Waals surface area contributed by atoms with Gasteiger partial charge in [-0.3, -0.25) is 0 Å². The minimum atomic E-state index is -0.299. The van der Waals surface area contributed by atoms with Crippen LogP contribution >= 0.6 is 0 Å². The maximum absolute atomic E-state index is 6.00. The summed E-state index contributed by atoms with van der Waals surface area (Å²) in [6.07, 6.45) is 2.23. The molecule has 0 bridgehead atoms. The summed E-state index contributed by atoms with van der Waals surface area (Å²) in [7, 11) is 0. The summed E-state index contributed by atoms with van der Waals surface area (Å²) in [6.45, 7) is 2.80. The van der Waals surface area contributed by atoms with Crippen molar-refractivity contribution < 1.29 is 4.74 Å². The molecule has 90 valence electrons. The van der Waals surface area contributed by atoms with Crippen LogP contribution < -0.4 is 0 Å². The lowest BCUT2D eigenvalue weighted by Crippen LogP contribution is -2.18. The molecule has 0 aromatic heterocycles. The van der Waals surface area contributed by atoms with Crippen molar-refractivity contribution >= 4 is 5.57 Å². The predicted molar refractivity (Wildman–Crippen MR) is 74.2 cm³/mol. The molecule has 0 fully saturated rings. The van der Waals surface area contributed by atoms with Gasteiger partial charge in [0.05, 0.1) is 6.61 Å². The second kappa shape index (κ2) is 4.43. The number of hydrogen-bond donors (Lipinski definition) is 0. The molecule has 0 saturated carbocycles. The monoisotopic (exact) mass is 236 g/mol. The lowest BCUT2D eigenvalue weighted by Gasteiger charge is -2.21. The first-order valence-electron chi connectivity index (χ1n) is 6.25. The molecule has 0 aliphatic carbocycles. The fourth-order valence-electron chi connectivity index (χ4n) is 2.40. The van der Waals surface area contributed by atoms with Crippen LogP contribution in [0.5, 0.6) is 0 Å². The molecule has 0 amide bonds. The summed E-state index contributed by atoms with van der Waals surface area (Å²) in [5.41, 5.74) is 3.42. The van der Waals surface area contributed by atoms with E-state index in [0.717, 1.165) is 0 Å². The normalized spacial score (nSPS) is 22.8. The van der Waals surface area contributed by atoms with Gasteiger partial charge in [0.15, 0.2) is 0 Å². The van der Waals surface area contributed by atoms with E-state index >= 15 is 0 Å². The van der Waals surface area contributed by atoms with Crippen molar-refractivity contribution in [3.63, 3.8) is 0 Å². The molecule has 3 rings (SSSR count). The Labute approximate surface area is 108 Å². The van der Waals surface area contributed by atoms with E-state index in [-0.39, 0.29) is 5.60 Å². The van der Waals surface area contributed by atoms with Gasteiger partial charge in [0.25, 0.3) is 0 Å². The molecule has 1 aliphatic rings. The first-order valence-corrected chi connectivity index (χ1v) is 6.25. The Hall–Kier alpha value is -1.86. The summed E-state index contributed by atoms with van der Waals surface area (Å²) < 4.78 is 6.00. The Balaban J connectivity index is 1.96. The maximum Gasteiger partial charge on any atom is 0.110 e. The zero-order chi connectivity index (χ0) is 12.4. The summed E-state index contributed by atoms with van der Waals surface area (Å²) in [6, 6.07) is 20.8. The van der Waals surface area contributed by atoms with Crippen LogP contribution in [0.15, 0.2) is 66.7 Å². The standard InChI is InChI=1S/C17H16O/c1-17(16-10-6-3-7-11-16)12-15(13-18-17)14-8-4-2-5-9-14/h2-12H,13H2,1H3. The van der Waals surface area contributed by atoms with Gasteiger partial charge in [-0.05, 0) is 29.7 Å². The second-order valence-electron chi connectivity index (χ2n) is 4.80. The first-order chi connectivity index (χ1) is 8.78. The lowest BCUT2D eigenvalue weighted by atomic mass is 9.94. The summed E-state index contributed by atoms with van der Waals surface area (Å²) in [5, 5.41) is 0. The number of hydrogen-bond acceptors (Lipinski definition) is 1. The Morgan fingerprint density at radius 3 is 2.17 bits per heavy atom. The van der Waals surface area contributed by atoms with E-state index in [1.54, 1.807) is 0 Å². The molecule has 1 nitrogen and oxygen atoms in total. The molecular formula is C17H16O. The summed E-state index contributed by atoms with van der Waals surface area (Å²) in [5.74, 6) is 0. The van der Waals surface area contributed by atoms with Crippen molar-refractivity contribution in [1.29, 1.82) is 0 Å². The Bertz CT molecular complexity index is 557. The van der Waals surface area contributed by atoms with Gasteiger partial charge in [-0.25, -0.2) is 0 Å². The Kier molecular flexibility index (Phi) is 2.77. The summed E-state index contributed by atoms with van der Waals surface area (Å²) >= 11 is 0. The molecule has 1 heterocycles. The summed E-state index contributed by atoms with van der Waals surface area (Å²) in [4.78, 5) is 0. The van der Waals surface area contributed by atoms with E-state index < -0.39 is 0 Å². The Morgan fingerprint density at radius 1 is 0.889 bits per heavy atom. The molecule has 1 atom stereocenters. The molecule has 0 spiro atoms. The SMILES string of the molecule is CC1(c2ccccc2)C=C(c2ccccc2)CO1. The van der Waals surface area contributed by atoms with Crippen LogP contribution in [0.3, 0.4) is 0 Å². The van der Waals surface area contributed by atoms with Gasteiger partial charge in [-0.15, -0.1) is 0 Å². The molecule has 1 aliphatic heterocycles. The van der Waals surface area contributed by atoms with E-state index in [9.17, 15) is 0 Å². The molecule has 1 heteroatoms. The van der Waals surface area contributed by atoms with E-state index in [1.165, 1.54) is 16.7 Å². The molecule has 2 aromatic carbocycles. The van der Waals surface area contributed by atoms with Crippen molar-refractivity contribution in [3.05, 3.63) is 77.9 Å². The van der Waals surface area contributed by atoms with Gasteiger partial charge in [0.1, 0.15) is 5.60 Å². The van der Waals surface area contributed by atoms with E-state index in [2.05, 4.69) is 61.5 Å². The molecule has 0 radical (unpaired) electrons. The topological polar surface area (TPSA) is 9.23 Å². The van der Waals surface area contributed by atoms with E-state index in [4.69, 9.17) is 4.74 Å². The van der Waals surface area contributed by atoms with Crippen molar-refractivity contribution in [2.75, 3.05) is 6.61 Å². The van der Waals surface area contributed by atoms with E-state index in [0.29, 0.717) is 6.61 Å². The van der Waals surface area contributed by atoms with Gasteiger partial charge < -0.3 is 4.74 Å². The highest BCUT2D eigenvalue weighted by Gasteiger charge is 2.31. The maximum atomic E-state index is 6.00. The highest BCUT2D eigenvalue weighted by Crippen LogP contribution is 2.36. The van der Waals surface area contributed by atoms with Crippen LogP contribution in [0, 0.1) is 0 Å². The molecule has 0 saturated heterocycles. The largest absolute Gasteiger partial charge is 0.362 e. The van der Waals surface area contributed by atoms with E-state index in [1.807, 2.05) is 12.1 Å². The minimum absolute atomic E-state index is 0.299. The van der Waals surface area contributed by atoms with Crippen molar-refractivity contribution in [3.8, 4) is 0 Å². The third-order valence-corrected chi connectivity index (χ3v) is 3.47. The molecule has 1 unspecified atom stereocenters. The van der Waals surface area contributed by atoms with Gasteiger partial charge in [0.2, 0.25) is 0 Å². The fourth-order valence-corrected chi connectivity index (χ4v) is 2.40. The zero-order valence-electron chi connectivity index (χ0n) is 10.5. The van der Waals surface area contributed by atoms with Crippen LogP contribution in [0.1, 0.15) is 18.1 Å². The molecule has 0 N–H and O–H groups in total. The smallest absolute Gasteiger partial charge is 0.110 e. The molecule has 2 aromatic rings. The minimum Gasteiger partial charge on any atom is -0.362 e. The fraction of sp³-hybridized carbons (Fsp3) is 0.176. The van der Waals surface area contributed by atoms with Gasteiger partial charge in [-0.2, -0.15) is 0 Å². The highest BCUT2D eigenvalue weighted by atomic mass is 16.5.